The Labute approximate surface area is 104 Å². The van der Waals surface area contributed by atoms with Crippen LogP contribution < -0.4 is 0 Å². The van der Waals surface area contributed by atoms with Gasteiger partial charge in [0.25, 0.3) is 0 Å². The Morgan fingerprint density at radius 1 is 1.65 bits per heavy atom. The van der Waals surface area contributed by atoms with Crippen molar-refractivity contribution >= 4 is 20.9 Å². The lowest BCUT2D eigenvalue weighted by Gasteiger charge is -2.33. The van der Waals surface area contributed by atoms with Crippen molar-refractivity contribution in [3.63, 3.8) is 0 Å². The van der Waals surface area contributed by atoms with Crippen LogP contribution in [0.3, 0.4) is 0 Å². The average molecular weight is 282 g/mol. The summed E-state index contributed by atoms with van der Waals surface area (Å²) >= 11 is -2.06. The molecular formula is C10H18O5S2. The van der Waals surface area contributed by atoms with Crippen LogP contribution in [0.25, 0.3) is 0 Å². The molecule has 1 saturated heterocycles. The fraction of sp³-hybridized carbons (Fsp3) is 0.800. The highest BCUT2D eigenvalue weighted by Gasteiger charge is 2.40. The van der Waals surface area contributed by atoms with Gasteiger partial charge in [0, 0.05) is 12.9 Å². The first-order valence-electron chi connectivity index (χ1n) is 5.39. The molecule has 1 N–H and O–H groups in total. The van der Waals surface area contributed by atoms with Gasteiger partial charge in [-0.3, -0.25) is 0 Å². The summed E-state index contributed by atoms with van der Waals surface area (Å²) in [6.07, 6.45) is 3.33. The summed E-state index contributed by atoms with van der Waals surface area (Å²) in [5, 5.41) is -1.43. The van der Waals surface area contributed by atoms with Crippen LogP contribution in [0.15, 0.2) is 12.7 Å². The largest absolute Gasteiger partial charge is 0.376 e. The van der Waals surface area contributed by atoms with Gasteiger partial charge in [0.2, 0.25) is 0 Å². The van der Waals surface area contributed by atoms with Crippen LogP contribution in [0, 0.1) is 0 Å². The first-order valence-corrected chi connectivity index (χ1v) is 8.51. The predicted octanol–water partition coefficient (Wildman–Crippen LogP) is 0.745. The number of rotatable bonds is 5. The molecule has 1 aliphatic heterocycles. The topological polar surface area (TPSA) is 80.7 Å². The lowest BCUT2D eigenvalue weighted by Crippen LogP contribution is -2.47. The molecule has 0 radical (unpaired) electrons. The maximum atomic E-state index is 11.7. The summed E-state index contributed by atoms with van der Waals surface area (Å²) in [6.45, 7) is 3.95. The number of allylic oxidation sites excluding steroid dienone is 1. The Hall–Kier alpha value is -0.240. The highest BCUT2D eigenvalue weighted by molar-refractivity contribution is 7.91. The molecule has 5 nitrogen and oxygen atoms in total. The van der Waals surface area contributed by atoms with Gasteiger partial charge in [0.05, 0.1) is 16.6 Å². The van der Waals surface area contributed by atoms with Gasteiger partial charge in [-0.25, -0.2) is 12.6 Å². The number of sulfone groups is 1. The Morgan fingerprint density at radius 2 is 2.29 bits per heavy atom. The smallest absolute Gasteiger partial charge is 0.158 e. The molecule has 0 aromatic heterocycles. The normalized spacial score (nSPS) is 29.5. The van der Waals surface area contributed by atoms with Crippen LogP contribution >= 0.6 is 0 Å². The van der Waals surface area contributed by atoms with E-state index in [1.54, 1.807) is 0 Å². The molecule has 1 fully saturated rings. The van der Waals surface area contributed by atoms with Gasteiger partial charge >= 0.3 is 0 Å². The Balaban J connectivity index is 2.98. The standard InChI is InChI=1S/C10H18O5S2/c1-3-5-9(17(2,13)14)10-8(16(11)12)6-4-7-15-10/h3,8-10H,1,4-7H2,2H3,(H,11,12)/t8-,9+,10+/m0/s1. The van der Waals surface area contributed by atoms with Crippen molar-refractivity contribution in [2.24, 2.45) is 0 Å². The number of hydrogen-bond donors (Lipinski definition) is 1. The Morgan fingerprint density at radius 3 is 2.76 bits per heavy atom. The molecule has 7 heteroatoms. The molecule has 0 aromatic rings. The van der Waals surface area contributed by atoms with Gasteiger partial charge in [-0.2, -0.15) is 0 Å². The minimum Gasteiger partial charge on any atom is -0.376 e. The second-order valence-electron chi connectivity index (χ2n) is 4.18. The van der Waals surface area contributed by atoms with Gasteiger partial charge in [0.1, 0.15) is 0 Å². The first kappa shape index (κ1) is 14.8. The zero-order valence-electron chi connectivity index (χ0n) is 9.74. The van der Waals surface area contributed by atoms with Crippen molar-refractivity contribution in [1.82, 2.24) is 0 Å². The molecule has 100 valence electrons. The van der Waals surface area contributed by atoms with E-state index in [4.69, 9.17) is 4.74 Å². The number of hydrogen-bond acceptors (Lipinski definition) is 4. The predicted molar refractivity (Wildman–Crippen MR) is 67.0 cm³/mol. The molecule has 0 spiro atoms. The van der Waals surface area contributed by atoms with E-state index >= 15 is 0 Å². The van der Waals surface area contributed by atoms with E-state index in [9.17, 15) is 17.2 Å². The van der Waals surface area contributed by atoms with E-state index in [-0.39, 0.29) is 6.42 Å². The molecule has 1 heterocycles. The molecule has 4 atom stereocenters. The molecule has 0 bridgehead atoms. The van der Waals surface area contributed by atoms with Crippen molar-refractivity contribution < 1.29 is 21.9 Å². The van der Waals surface area contributed by atoms with Crippen molar-refractivity contribution in [3.8, 4) is 0 Å². The van der Waals surface area contributed by atoms with E-state index < -0.39 is 37.5 Å². The highest BCUT2D eigenvalue weighted by Crippen LogP contribution is 2.26. The van der Waals surface area contributed by atoms with Crippen LogP contribution in [-0.2, 0) is 25.7 Å². The zero-order valence-corrected chi connectivity index (χ0v) is 11.4. The van der Waals surface area contributed by atoms with E-state index in [0.29, 0.717) is 19.4 Å². The third-order valence-electron chi connectivity index (χ3n) is 2.88. The summed E-state index contributed by atoms with van der Waals surface area (Å²) < 4.78 is 49.2. The van der Waals surface area contributed by atoms with Gasteiger partial charge in [0.15, 0.2) is 20.9 Å². The molecular weight excluding hydrogens is 264 g/mol. The van der Waals surface area contributed by atoms with Crippen molar-refractivity contribution in [2.75, 3.05) is 12.9 Å². The summed E-state index contributed by atoms with van der Waals surface area (Å²) in [5.41, 5.74) is 0. The van der Waals surface area contributed by atoms with Gasteiger partial charge < -0.3 is 9.29 Å². The van der Waals surface area contributed by atoms with Crippen LogP contribution in [-0.4, -0.2) is 46.6 Å². The zero-order chi connectivity index (χ0) is 13.1. The Bertz CT molecular complexity index is 390. The maximum absolute atomic E-state index is 11.7. The molecule has 0 aromatic carbocycles. The molecule has 0 saturated carbocycles. The third kappa shape index (κ3) is 3.87. The van der Waals surface area contributed by atoms with Crippen LogP contribution in [0.5, 0.6) is 0 Å². The van der Waals surface area contributed by atoms with Crippen LogP contribution in [0.2, 0.25) is 0 Å². The molecule has 1 aliphatic rings. The number of ether oxygens (including phenoxy) is 1. The van der Waals surface area contributed by atoms with E-state index in [1.165, 1.54) is 6.08 Å². The summed E-state index contributed by atoms with van der Waals surface area (Å²) in [7, 11) is -3.33. The van der Waals surface area contributed by atoms with Gasteiger partial charge in [-0.15, -0.1) is 6.58 Å². The third-order valence-corrected chi connectivity index (χ3v) is 5.47. The van der Waals surface area contributed by atoms with Crippen LogP contribution in [0.1, 0.15) is 19.3 Å². The Kier molecular flexibility index (Phi) is 5.30. The van der Waals surface area contributed by atoms with Crippen molar-refractivity contribution in [2.45, 2.75) is 35.9 Å². The summed E-state index contributed by atoms with van der Waals surface area (Å²) in [5.74, 6) is 0. The molecule has 1 rings (SSSR count). The van der Waals surface area contributed by atoms with Crippen LogP contribution in [0.4, 0.5) is 0 Å². The monoisotopic (exact) mass is 282 g/mol. The van der Waals surface area contributed by atoms with Gasteiger partial charge in [-0.1, -0.05) is 6.08 Å². The van der Waals surface area contributed by atoms with E-state index in [2.05, 4.69) is 6.58 Å². The summed E-state index contributed by atoms with van der Waals surface area (Å²) in [4.78, 5) is 0. The van der Waals surface area contributed by atoms with Crippen molar-refractivity contribution in [3.05, 3.63) is 12.7 Å². The second-order valence-corrected chi connectivity index (χ2v) is 7.61. The molecule has 0 amide bonds. The second kappa shape index (κ2) is 6.08. The minimum absolute atomic E-state index is 0.233. The first-order chi connectivity index (χ1) is 7.88. The van der Waals surface area contributed by atoms with Crippen molar-refractivity contribution in [1.29, 1.82) is 0 Å². The average Bonchev–Trinajstić information content (AvgIpc) is 2.24. The SMILES string of the molecule is C=CC[C@H]([C@@H]1OCCC[C@@H]1S(=O)O)S(C)(=O)=O. The van der Waals surface area contributed by atoms with E-state index in [0.717, 1.165) is 6.26 Å². The highest BCUT2D eigenvalue weighted by atomic mass is 32.2. The molecule has 0 aliphatic carbocycles. The fourth-order valence-electron chi connectivity index (χ4n) is 2.05. The van der Waals surface area contributed by atoms with Gasteiger partial charge in [-0.05, 0) is 19.3 Å². The quantitative estimate of drug-likeness (QED) is 0.594. The maximum Gasteiger partial charge on any atom is 0.158 e. The molecule has 17 heavy (non-hydrogen) atoms. The fourth-order valence-corrected chi connectivity index (χ4v) is 4.26. The lowest BCUT2D eigenvalue weighted by molar-refractivity contribution is 0.0169. The van der Waals surface area contributed by atoms with E-state index in [1.807, 2.05) is 0 Å². The summed E-state index contributed by atoms with van der Waals surface area (Å²) in [6, 6.07) is 0. The minimum atomic E-state index is -3.33. The molecule has 1 unspecified atom stereocenters. The lowest BCUT2D eigenvalue weighted by atomic mass is 10.0.